The second-order valence-electron chi connectivity index (χ2n) is 4.66. The van der Waals surface area contributed by atoms with Gasteiger partial charge in [-0.15, -0.1) is 11.8 Å². The fourth-order valence-corrected chi connectivity index (χ4v) is 2.56. The number of hydrogen-bond acceptors (Lipinski definition) is 4. The summed E-state index contributed by atoms with van der Waals surface area (Å²) in [6.07, 6.45) is 2.84. The van der Waals surface area contributed by atoms with Gasteiger partial charge < -0.3 is 15.2 Å². The molecular formula is C13H21NO2S. The molecule has 0 aliphatic rings. The normalized spacial score (nSPS) is 11.4. The third-order valence-corrected chi connectivity index (χ3v) is 3.29. The third-order valence-electron chi connectivity index (χ3n) is 2.43. The third kappa shape index (κ3) is 3.54. The highest BCUT2D eigenvalue weighted by Gasteiger charge is 2.19. The molecule has 0 unspecified atom stereocenters. The highest BCUT2D eigenvalue weighted by molar-refractivity contribution is 7.98. The topological polar surface area (TPSA) is 44.5 Å². The van der Waals surface area contributed by atoms with Gasteiger partial charge in [-0.05, 0) is 38.2 Å². The molecule has 0 radical (unpaired) electrons. The first-order valence-electron chi connectivity index (χ1n) is 5.49. The Balaban J connectivity index is 3.23. The standard InChI is InChI=1S/C13H21NO2S/c1-13(2,14)8-9-6-7-10(15-3)11(16-4)12(9)17-5/h6-7H,8,14H2,1-5H3. The first-order valence-corrected chi connectivity index (χ1v) is 6.72. The van der Waals surface area contributed by atoms with Gasteiger partial charge in [-0.2, -0.15) is 0 Å². The lowest BCUT2D eigenvalue weighted by Crippen LogP contribution is -2.34. The fourth-order valence-electron chi connectivity index (χ4n) is 1.79. The van der Waals surface area contributed by atoms with Gasteiger partial charge >= 0.3 is 0 Å². The SMILES string of the molecule is COc1ccc(CC(C)(C)N)c(SC)c1OC. The van der Waals surface area contributed by atoms with E-state index in [0.717, 1.165) is 22.8 Å². The maximum Gasteiger partial charge on any atom is 0.174 e. The summed E-state index contributed by atoms with van der Waals surface area (Å²) in [4.78, 5) is 1.10. The monoisotopic (exact) mass is 255 g/mol. The maximum absolute atomic E-state index is 6.07. The summed E-state index contributed by atoms with van der Waals surface area (Å²) in [6.45, 7) is 4.04. The molecule has 0 aliphatic heterocycles. The van der Waals surface area contributed by atoms with E-state index in [9.17, 15) is 0 Å². The minimum Gasteiger partial charge on any atom is -0.493 e. The van der Waals surface area contributed by atoms with Crippen molar-refractivity contribution in [2.75, 3.05) is 20.5 Å². The van der Waals surface area contributed by atoms with Crippen LogP contribution in [0.4, 0.5) is 0 Å². The Hall–Kier alpha value is -0.870. The molecular weight excluding hydrogens is 234 g/mol. The van der Waals surface area contributed by atoms with Crippen LogP contribution in [0.1, 0.15) is 19.4 Å². The van der Waals surface area contributed by atoms with Gasteiger partial charge in [0.05, 0.1) is 19.1 Å². The predicted octanol–water partition coefficient (Wildman–Crippen LogP) is 2.71. The highest BCUT2D eigenvalue weighted by Crippen LogP contribution is 2.40. The lowest BCUT2D eigenvalue weighted by atomic mass is 9.96. The summed E-state index contributed by atoms with van der Waals surface area (Å²) in [5.41, 5.74) is 7.04. The molecule has 1 aromatic carbocycles. The number of benzene rings is 1. The zero-order valence-corrected chi connectivity index (χ0v) is 12.0. The van der Waals surface area contributed by atoms with Crippen LogP contribution in [-0.4, -0.2) is 26.0 Å². The van der Waals surface area contributed by atoms with Crippen molar-refractivity contribution in [3.63, 3.8) is 0 Å². The molecule has 0 aliphatic carbocycles. The molecule has 96 valence electrons. The van der Waals surface area contributed by atoms with Crippen LogP contribution in [-0.2, 0) is 6.42 Å². The summed E-state index contributed by atoms with van der Waals surface area (Å²) >= 11 is 1.66. The number of methoxy groups -OCH3 is 2. The van der Waals surface area contributed by atoms with Crippen molar-refractivity contribution in [1.29, 1.82) is 0 Å². The number of hydrogen-bond donors (Lipinski definition) is 1. The molecule has 17 heavy (non-hydrogen) atoms. The molecule has 0 heterocycles. The Morgan fingerprint density at radius 2 is 1.88 bits per heavy atom. The van der Waals surface area contributed by atoms with Crippen LogP contribution in [0.25, 0.3) is 0 Å². The van der Waals surface area contributed by atoms with E-state index in [0.29, 0.717) is 0 Å². The molecule has 0 amide bonds. The Bertz CT molecular complexity index is 386. The zero-order valence-electron chi connectivity index (χ0n) is 11.2. The summed E-state index contributed by atoms with van der Waals surface area (Å²) in [6, 6.07) is 3.99. The van der Waals surface area contributed by atoms with E-state index in [1.165, 1.54) is 5.56 Å². The van der Waals surface area contributed by atoms with Gasteiger partial charge in [-0.3, -0.25) is 0 Å². The fraction of sp³-hybridized carbons (Fsp3) is 0.538. The molecule has 0 saturated heterocycles. The van der Waals surface area contributed by atoms with Crippen molar-refractivity contribution in [3.8, 4) is 11.5 Å². The zero-order chi connectivity index (χ0) is 13.1. The van der Waals surface area contributed by atoms with Crippen molar-refractivity contribution in [3.05, 3.63) is 17.7 Å². The Morgan fingerprint density at radius 1 is 1.24 bits per heavy atom. The quantitative estimate of drug-likeness (QED) is 0.822. The van der Waals surface area contributed by atoms with Crippen LogP contribution in [0.15, 0.2) is 17.0 Å². The van der Waals surface area contributed by atoms with Gasteiger partial charge in [0.2, 0.25) is 0 Å². The number of rotatable bonds is 5. The minimum atomic E-state index is -0.232. The molecule has 1 aromatic rings. The van der Waals surface area contributed by atoms with E-state index in [4.69, 9.17) is 15.2 Å². The Labute approximate surface area is 108 Å². The molecule has 2 N–H and O–H groups in total. The minimum absolute atomic E-state index is 0.232. The molecule has 4 heteroatoms. The van der Waals surface area contributed by atoms with Crippen molar-refractivity contribution in [2.45, 2.75) is 30.7 Å². The van der Waals surface area contributed by atoms with E-state index in [2.05, 4.69) is 6.07 Å². The van der Waals surface area contributed by atoms with E-state index >= 15 is 0 Å². The molecule has 0 bridgehead atoms. The second-order valence-corrected chi connectivity index (χ2v) is 5.48. The summed E-state index contributed by atoms with van der Waals surface area (Å²) in [5.74, 6) is 1.55. The Kier molecular flexibility index (Phi) is 4.71. The largest absolute Gasteiger partial charge is 0.493 e. The first kappa shape index (κ1) is 14.2. The molecule has 1 rings (SSSR count). The smallest absolute Gasteiger partial charge is 0.174 e. The van der Waals surface area contributed by atoms with Crippen LogP contribution in [0.2, 0.25) is 0 Å². The average Bonchev–Trinajstić information content (AvgIpc) is 2.26. The summed E-state index contributed by atoms with van der Waals surface area (Å²) in [7, 11) is 3.31. The van der Waals surface area contributed by atoms with Crippen molar-refractivity contribution in [2.24, 2.45) is 5.73 Å². The number of thioether (sulfide) groups is 1. The first-order chi connectivity index (χ1) is 7.92. The average molecular weight is 255 g/mol. The van der Waals surface area contributed by atoms with Gasteiger partial charge in [0.15, 0.2) is 11.5 Å². The highest BCUT2D eigenvalue weighted by atomic mass is 32.2. The second kappa shape index (κ2) is 5.65. The van der Waals surface area contributed by atoms with Gasteiger partial charge in [0.25, 0.3) is 0 Å². The van der Waals surface area contributed by atoms with Gasteiger partial charge in [-0.1, -0.05) is 6.07 Å². The van der Waals surface area contributed by atoms with Gasteiger partial charge in [0.1, 0.15) is 0 Å². The van der Waals surface area contributed by atoms with Crippen molar-refractivity contribution < 1.29 is 9.47 Å². The Morgan fingerprint density at radius 3 is 2.29 bits per heavy atom. The van der Waals surface area contributed by atoms with Crippen LogP contribution in [0, 0.1) is 0 Å². The molecule has 0 atom stereocenters. The molecule has 3 nitrogen and oxygen atoms in total. The van der Waals surface area contributed by atoms with Crippen molar-refractivity contribution >= 4 is 11.8 Å². The number of nitrogens with two attached hydrogens (primary N) is 1. The molecule has 0 fully saturated rings. The van der Waals surface area contributed by atoms with Gasteiger partial charge in [0, 0.05) is 5.54 Å². The molecule has 0 saturated carbocycles. The lowest BCUT2D eigenvalue weighted by molar-refractivity contribution is 0.346. The van der Waals surface area contributed by atoms with E-state index in [1.807, 2.05) is 26.2 Å². The van der Waals surface area contributed by atoms with Gasteiger partial charge in [-0.25, -0.2) is 0 Å². The van der Waals surface area contributed by atoms with Crippen molar-refractivity contribution in [1.82, 2.24) is 0 Å². The maximum atomic E-state index is 6.07. The van der Waals surface area contributed by atoms with E-state index < -0.39 is 0 Å². The van der Waals surface area contributed by atoms with Crippen LogP contribution < -0.4 is 15.2 Å². The van der Waals surface area contributed by atoms with E-state index in [-0.39, 0.29) is 5.54 Å². The van der Waals surface area contributed by atoms with Crippen LogP contribution in [0.5, 0.6) is 11.5 Å². The summed E-state index contributed by atoms with van der Waals surface area (Å²) in [5, 5.41) is 0. The number of ether oxygens (including phenoxy) is 2. The van der Waals surface area contributed by atoms with Crippen LogP contribution >= 0.6 is 11.8 Å². The summed E-state index contributed by atoms with van der Waals surface area (Å²) < 4.78 is 10.7. The lowest BCUT2D eigenvalue weighted by Gasteiger charge is -2.22. The van der Waals surface area contributed by atoms with E-state index in [1.54, 1.807) is 26.0 Å². The molecule has 0 aromatic heterocycles. The predicted molar refractivity (Wildman–Crippen MR) is 73.3 cm³/mol. The molecule has 0 spiro atoms. The van der Waals surface area contributed by atoms with Crippen LogP contribution in [0.3, 0.4) is 0 Å².